The van der Waals surface area contributed by atoms with Crippen LogP contribution < -0.4 is 0 Å². The van der Waals surface area contributed by atoms with E-state index in [-0.39, 0.29) is 11.3 Å². The lowest BCUT2D eigenvalue weighted by Crippen LogP contribution is -1.95. The van der Waals surface area contributed by atoms with Gasteiger partial charge in [-0.2, -0.15) is 0 Å². The van der Waals surface area contributed by atoms with Gasteiger partial charge >= 0.3 is 0 Å². The van der Waals surface area contributed by atoms with Gasteiger partial charge in [0.05, 0.1) is 69.5 Å². The molecule has 0 aliphatic heterocycles. The van der Waals surface area contributed by atoms with E-state index in [0.717, 1.165) is 19.2 Å². The number of fused-ring (bicyclic) bond motifs is 9. The lowest BCUT2D eigenvalue weighted by Gasteiger charge is -2.11. The average molecular weight is 692 g/mol. The fraction of sp³-hybridized carbons (Fsp3) is 0. The zero-order valence-electron chi connectivity index (χ0n) is 48.6. The average Bonchev–Trinajstić information content (AvgIpc) is 4.06. The van der Waals surface area contributed by atoms with Crippen LogP contribution in [0.5, 0.6) is 0 Å². The number of hydrogen-bond acceptors (Lipinski definition) is 3. The lowest BCUT2D eigenvalue weighted by atomic mass is 10.0. The zero-order chi connectivity index (χ0) is 53.5. The highest BCUT2D eigenvalue weighted by Crippen LogP contribution is 2.40. The van der Waals surface area contributed by atoms with Gasteiger partial charge in [-0.1, -0.05) is 96.8 Å². The van der Waals surface area contributed by atoms with Crippen LogP contribution in [-0.4, -0.2) is 19.1 Å². The van der Waals surface area contributed by atoms with Gasteiger partial charge in [0.2, 0.25) is 0 Å². The fourth-order valence-corrected chi connectivity index (χ4v) is 7.50. The van der Waals surface area contributed by atoms with Gasteiger partial charge < -0.3 is 9.13 Å². The van der Waals surface area contributed by atoms with Gasteiger partial charge in [0.15, 0.2) is 0 Å². The van der Waals surface area contributed by atoms with Gasteiger partial charge in [0.1, 0.15) is 6.33 Å². The third-order valence-electron chi connectivity index (χ3n) is 8.51. The Balaban J connectivity index is 1.31. The smallest absolute Gasteiger partial charge is 0.116 e. The molecule has 0 aliphatic rings. The molecule has 0 amide bonds. The van der Waals surface area contributed by atoms with Crippen molar-refractivity contribution in [1.82, 2.24) is 19.1 Å². The van der Waals surface area contributed by atoms with Crippen molar-refractivity contribution < 1.29 is 31.5 Å². The Morgan fingerprint density at radius 3 is 1.80 bits per heavy atom. The quantitative estimate of drug-likeness (QED) is 0.184. The molecule has 0 atom stereocenters. The highest BCUT2D eigenvalue weighted by molar-refractivity contribution is 7.26. The van der Waals surface area contributed by atoms with Crippen LogP contribution in [0.25, 0.3) is 97.7 Å². The van der Waals surface area contributed by atoms with E-state index in [2.05, 4.69) is 9.97 Å². The predicted octanol–water partition coefficient (Wildman–Crippen LogP) is 12.4. The molecule has 4 heterocycles. The summed E-state index contributed by atoms with van der Waals surface area (Å²) in [7, 11) is 0. The summed E-state index contributed by atoms with van der Waals surface area (Å²) in [6.07, 6.45) is 1.20. The van der Waals surface area contributed by atoms with E-state index < -0.39 is 205 Å². The summed E-state index contributed by atoms with van der Waals surface area (Å²) in [5, 5.41) is -1.32. The molecule has 0 N–H and O–H groups in total. The number of thiophene rings is 1. The maximum Gasteiger partial charge on any atom is 0.116 e. The van der Waals surface area contributed by atoms with Crippen molar-refractivity contribution in [2.75, 3.05) is 0 Å². The first-order valence-electron chi connectivity index (χ1n) is 26.8. The summed E-state index contributed by atoms with van der Waals surface area (Å²) >= 11 is 1.23. The molecule has 0 spiro atoms. The summed E-state index contributed by atoms with van der Waals surface area (Å²) in [5.41, 5.74) is -4.77. The molecule has 0 fully saturated rings. The second-order valence-corrected chi connectivity index (χ2v) is 12.3. The van der Waals surface area contributed by atoms with E-state index in [4.69, 9.17) is 17.8 Å². The molecule has 7 aromatic carbocycles. The first-order valence-corrected chi connectivity index (χ1v) is 16.1. The SMILES string of the molecule is [2H]c1c([2H])c([2H])c(-n2c3c([2H])c([2H])c([2H])c([2H])c3c3c([2H])c(-c4c([2H])c([2H])c5c(c4[2H])c4c([2H])c([2H])c([2H])c([2H])c4n5-c4c([2H])c([2H])c([2H])c(-c5ncnc6c5sc5ccccc56)c4[2H])c([2H])c([2H])c32)c([2H])c1[2H]. The van der Waals surface area contributed by atoms with Crippen molar-refractivity contribution in [1.29, 1.82) is 0 Å². The molecular formula is C46H28N4S. The number of benzene rings is 7. The summed E-state index contributed by atoms with van der Waals surface area (Å²) in [6, 6.07) is -11.9. The molecule has 0 saturated carbocycles. The summed E-state index contributed by atoms with van der Waals surface area (Å²) in [4.78, 5) is 8.87. The Hall–Kier alpha value is -6.56. The normalized spacial score (nSPS) is 18.2. The van der Waals surface area contributed by atoms with Crippen molar-refractivity contribution in [3.05, 3.63) is 170 Å². The maximum absolute atomic E-state index is 9.89. The van der Waals surface area contributed by atoms with Gasteiger partial charge in [-0.05, 0) is 77.6 Å². The number of para-hydroxylation sites is 3. The molecule has 11 aromatic rings. The van der Waals surface area contributed by atoms with E-state index in [9.17, 15) is 13.7 Å². The van der Waals surface area contributed by atoms with Crippen LogP contribution in [0, 0.1) is 0 Å². The molecule has 0 aliphatic carbocycles. The predicted molar refractivity (Wildman–Crippen MR) is 214 cm³/mol. The molecule has 4 aromatic heterocycles. The lowest BCUT2D eigenvalue weighted by molar-refractivity contribution is 1.18. The Kier molecular flexibility index (Phi) is 3.01. The Labute approximate surface area is 329 Å². The minimum Gasteiger partial charge on any atom is -0.309 e. The molecule has 0 unspecified atom stereocenters. The largest absolute Gasteiger partial charge is 0.309 e. The fourth-order valence-electron chi connectivity index (χ4n) is 6.35. The van der Waals surface area contributed by atoms with Crippen LogP contribution in [0.3, 0.4) is 0 Å². The molecular weight excluding hydrogens is 641 g/mol. The zero-order valence-corrected chi connectivity index (χ0v) is 26.4. The minimum absolute atomic E-state index is 0.0182. The number of aromatic nitrogens is 4. The second kappa shape index (κ2) is 11.0. The molecule has 0 bridgehead atoms. The maximum atomic E-state index is 9.89. The third-order valence-corrected chi connectivity index (χ3v) is 9.67. The van der Waals surface area contributed by atoms with E-state index in [1.807, 2.05) is 12.1 Å². The number of nitrogens with zero attached hydrogens (tertiary/aromatic N) is 4. The molecule has 238 valence electrons. The summed E-state index contributed by atoms with van der Waals surface area (Å²) in [6.45, 7) is 0. The van der Waals surface area contributed by atoms with Crippen molar-refractivity contribution >= 4 is 75.3 Å². The van der Waals surface area contributed by atoms with Crippen LogP contribution in [0.2, 0.25) is 0 Å². The third kappa shape index (κ3) is 4.25. The van der Waals surface area contributed by atoms with Crippen LogP contribution in [0.1, 0.15) is 31.5 Å². The van der Waals surface area contributed by atoms with E-state index >= 15 is 0 Å². The molecule has 51 heavy (non-hydrogen) atoms. The van der Waals surface area contributed by atoms with Crippen molar-refractivity contribution in [3.8, 4) is 33.8 Å². The number of hydrogen-bond donors (Lipinski definition) is 0. The number of rotatable bonds is 4. The minimum atomic E-state index is -0.964. The highest BCUT2D eigenvalue weighted by Gasteiger charge is 2.18. The van der Waals surface area contributed by atoms with Gasteiger partial charge in [-0.15, -0.1) is 11.3 Å². The van der Waals surface area contributed by atoms with Crippen LogP contribution in [0.15, 0.2) is 170 Å². The molecule has 4 nitrogen and oxygen atoms in total. The van der Waals surface area contributed by atoms with E-state index in [0.29, 0.717) is 10.2 Å². The van der Waals surface area contributed by atoms with Crippen LogP contribution in [0.4, 0.5) is 0 Å². The second-order valence-electron chi connectivity index (χ2n) is 11.3. The molecule has 0 saturated heterocycles. The first kappa shape index (κ1) is 14.0. The van der Waals surface area contributed by atoms with Gasteiger partial charge in [-0.3, -0.25) is 0 Å². The van der Waals surface area contributed by atoms with E-state index in [1.54, 1.807) is 12.1 Å². The van der Waals surface area contributed by atoms with Crippen LogP contribution >= 0.6 is 11.3 Å². The Bertz CT molecular complexity index is 4450. The summed E-state index contributed by atoms with van der Waals surface area (Å²) < 4.78 is 212. The van der Waals surface area contributed by atoms with Gasteiger partial charge in [-0.25, -0.2) is 9.97 Å². The monoisotopic (exact) mass is 691 g/mol. The Morgan fingerprint density at radius 1 is 0.471 bits per heavy atom. The molecule has 11 rings (SSSR count). The highest BCUT2D eigenvalue weighted by atomic mass is 32.1. The standard InChI is InChI=1S/C46H28N4S/c1-2-12-32(13-3-1)49-39-18-7-4-15-34(39)37-26-29(21-23-41(37)49)30-22-24-42-38(27-30)35-16-5-8-19-40(35)50(42)33-14-10-11-31(25-33)44-46-45(48-28-47-44)36-17-6-9-20-43(36)51-46/h1-28H/i1D,2D,3D,4D,5D,7D,8D,10D,11D,12D,13D,14D,15D,16D,18D,19D,21D,22D,23D,24D,25D,26D,27D. The van der Waals surface area contributed by atoms with Crippen molar-refractivity contribution in [2.45, 2.75) is 0 Å². The van der Waals surface area contributed by atoms with E-state index in [1.165, 1.54) is 17.7 Å². The molecule has 5 heteroatoms. The topological polar surface area (TPSA) is 35.6 Å². The van der Waals surface area contributed by atoms with Crippen molar-refractivity contribution in [2.24, 2.45) is 0 Å². The van der Waals surface area contributed by atoms with Crippen LogP contribution in [-0.2, 0) is 0 Å². The first-order chi connectivity index (χ1) is 34.9. The van der Waals surface area contributed by atoms with Gasteiger partial charge in [0.25, 0.3) is 0 Å². The Morgan fingerprint density at radius 2 is 1.08 bits per heavy atom. The summed E-state index contributed by atoms with van der Waals surface area (Å²) in [5.74, 6) is 0. The molecule has 0 radical (unpaired) electrons. The van der Waals surface area contributed by atoms with Crippen molar-refractivity contribution in [3.63, 3.8) is 0 Å². The van der Waals surface area contributed by atoms with Gasteiger partial charge in [0, 0.05) is 48.6 Å².